The average Bonchev–Trinajstić information content (AvgIpc) is 2.89. The van der Waals surface area contributed by atoms with Crippen molar-refractivity contribution in [2.24, 2.45) is 0 Å². The summed E-state index contributed by atoms with van der Waals surface area (Å²) in [7, 11) is 0. The van der Waals surface area contributed by atoms with Crippen LogP contribution in [0.25, 0.3) is 0 Å². The Morgan fingerprint density at radius 2 is 0.933 bits per heavy atom. The first-order valence-electron chi connectivity index (χ1n) is 18.6. The van der Waals surface area contributed by atoms with Gasteiger partial charge < -0.3 is 25.2 Å². The number of rotatable bonds is 18. The first kappa shape index (κ1) is 37.8. The molecule has 0 amide bonds. The van der Waals surface area contributed by atoms with Crippen molar-refractivity contribution >= 4 is 11.9 Å². The van der Waals surface area contributed by atoms with Crippen LogP contribution in [0.1, 0.15) is 166 Å². The van der Waals surface area contributed by atoms with Gasteiger partial charge in [-0.25, -0.2) is 0 Å². The van der Waals surface area contributed by atoms with Crippen molar-refractivity contribution < 1.29 is 4.74 Å². The molecule has 2 fully saturated rings. The molecule has 0 unspecified atom stereocenters. The van der Waals surface area contributed by atoms with E-state index in [0.717, 1.165) is 82.8 Å². The smallest absolute Gasteiger partial charge is 0.323 e. The topological polar surface area (TPSA) is 78.4 Å². The molecule has 45 heavy (non-hydrogen) atoms. The maximum Gasteiger partial charge on any atom is 0.323 e. The second kappa shape index (κ2) is 16.4. The molecule has 1 aromatic heterocycles. The number of nitrogens with zero attached hydrogens (tertiary/aromatic N) is 5. The van der Waals surface area contributed by atoms with E-state index < -0.39 is 0 Å². The van der Waals surface area contributed by atoms with E-state index in [1.54, 1.807) is 0 Å². The highest BCUT2D eigenvalue weighted by Gasteiger charge is 2.42. The zero-order valence-corrected chi connectivity index (χ0v) is 31.3. The van der Waals surface area contributed by atoms with Gasteiger partial charge in [0.2, 0.25) is 11.9 Å². The molecule has 3 heterocycles. The minimum atomic E-state index is 0.0310. The Hall–Kier alpha value is -1.67. The molecule has 2 aliphatic heterocycles. The van der Waals surface area contributed by atoms with Crippen LogP contribution in [0.4, 0.5) is 11.9 Å². The molecule has 0 radical (unpaired) electrons. The van der Waals surface area contributed by atoms with E-state index >= 15 is 0 Å². The third-order valence-corrected chi connectivity index (χ3v) is 9.56. The van der Waals surface area contributed by atoms with Crippen LogP contribution in [0.15, 0.2) is 0 Å². The number of aromatic nitrogens is 3. The molecule has 0 atom stereocenters. The largest absolute Gasteiger partial charge is 0.463 e. The van der Waals surface area contributed by atoms with Crippen molar-refractivity contribution in [1.29, 1.82) is 0 Å². The van der Waals surface area contributed by atoms with Crippen LogP contribution in [0.3, 0.4) is 0 Å². The zero-order valence-electron chi connectivity index (χ0n) is 31.3. The molecule has 8 heteroatoms. The van der Waals surface area contributed by atoms with Gasteiger partial charge in [-0.15, -0.1) is 0 Å². The molecule has 0 bridgehead atoms. The molecule has 0 spiro atoms. The van der Waals surface area contributed by atoms with Crippen molar-refractivity contribution in [3.63, 3.8) is 0 Å². The predicted octanol–water partition coefficient (Wildman–Crippen LogP) is 8.44. The number of hydrogen-bond acceptors (Lipinski definition) is 8. The van der Waals surface area contributed by atoms with Gasteiger partial charge in [0, 0.05) is 47.3 Å². The van der Waals surface area contributed by atoms with E-state index in [0.29, 0.717) is 24.7 Å². The average molecular weight is 630 g/mol. The summed E-state index contributed by atoms with van der Waals surface area (Å²) in [6.07, 6.45) is 16.1. The number of nitrogens with one attached hydrogen (secondary N) is 2. The second-order valence-corrected chi connectivity index (χ2v) is 16.8. The highest BCUT2D eigenvalue weighted by molar-refractivity contribution is 5.43. The Morgan fingerprint density at radius 3 is 1.33 bits per heavy atom. The van der Waals surface area contributed by atoms with E-state index in [9.17, 15) is 0 Å². The maximum atomic E-state index is 6.40. The lowest BCUT2D eigenvalue weighted by molar-refractivity contribution is 0.157. The maximum absolute atomic E-state index is 6.40. The van der Waals surface area contributed by atoms with Crippen molar-refractivity contribution in [2.75, 3.05) is 29.5 Å². The van der Waals surface area contributed by atoms with Crippen LogP contribution in [0.5, 0.6) is 6.01 Å². The Balaban J connectivity index is 2.03. The molecule has 0 aliphatic carbocycles. The fourth-order valence-electron chi connectivity index (χ4n) is 8.23. The predicted molar refractivity (Wildman–Crippen MR) is 192 cm³/mol. The summed E-state index contributed by atoms with van der Waals surface area (Å²) in [5, 5.41) is 7.76. The SMILES string of the molecule is CCCCCCCCOc1nc(N(CCCC)C2CC(C)(C)NC(C)(C)C2)nc(N(CCCC)C2CC(C)(C)NC(C)(C)C2)n1. The number of hydrogen-bond donors (Lipinski definition) is 2. The summed E-state index contributed by atoms with van der Waals surface area (Å²) in [6, 6.07) is 1.17. The van der Waals surface area contributed by atoms with Crippen LogP contribution >= 0.6 is 0 Å². The van der Waals surface area contributed by atoms with Crippen LogP contribution in [0.2, 0.25) is 0 Å². The highest BCUT2D eigenvalue weighted by atomic mass is 16.5. The summed E-state index contributed by atoms with van der Waals surface area (Å²) >= 11 is 0. The standard InChI is InChI=1S/C37H71N7O/c1-12-15-18-19-20-21-24-45-33-39-31(43(22-16-13-2)29-25-34(4,5)41-35(6,7)26-29)38-32(40-33)44(23-17-14-3)30-27-36(8,9)42-37(10,11)28-30/h29-30,41-42H,12-28H2,1-11H3. The number of piperidine rings is 2. The van der Waals surface area contributed by atoms with Gasteiger partial charge in [0.05, 0.1) is 6.61 Å². The van der Waals surface area contributed by atoms with E-state index in [2.05, 4.69) is 96.6 Å². The van der Waals surface area contributed by atoms with Gasteiger partial charge >= 0.3 is 6.01 Å². The number of anilines is 2. The Labute approximate surface area is 277 Å². The molecule has 2 saturated heterocycles. The van der Waals surface area contributed by atoms with Crippen molar-refractivity contribution in [3.05, 3.63) is 0 Å². The fraction of sp³-hybridized carbons (Fsp3) is 0.919. The summed E-state index contributed by atoms with van der Waals surface area (Å²) < 4.78 is 6.40. The quantitative estimate of drug-likeness (QED) is 0.157. The van der Waals surface area contributed by atoms with Gasteiger partial charge in [-0.2, -0.15) is 15.0 Å². The molecule has 2 N–H and O–H groups in total. The van der Waals surface area contributed by atoms with Crippen molar-refractivity contribution in [2.45, 2.75) is 200 Å². The van der Waals surface area contributed by atoms with E-state index in [1.807, 2.05) is 0 Å². The van der Waals surface area contributed by atoms with Crippen LogP contribution in [-0.4, -0.2) is 68.9 Å². The van der Waals surface area contributed by atoms with Gasteiger partial charge in [0.15, 0.2) is 0 Å². The van der Waals surface area contributed by atoms with Gasteiger partial charge in [0.1, 0.15) is 0 Å². The molecule has 8 nitrogen and oxygen atoms in total. The Kier molecular flexibility index (Phi) is 13.8. The van der Waals surface area contributed by atoms with E-state index in [-0.39, 0.29) is 22.2 Å². The lowest BCUT2D eigenvalue weighted by Crippen LogP contribution is -2.63. The molecule has 1 aromatic rings. The lowest BCUT2D eigenvalue weighted by Gasteiger charge is -2.50. The molecular formula is C37H71N7O. The highest BCUT2D eigenvalue weighted by Crippen LogP contribution is 2.36. The van der Waals surface area contributed by atoms with E-state index in [1.165, 1.54) is 32.1 Å². The van der Waals surface area contributed by atoms with Gasteiger partial charge in [-0.3, -0.25) is 0 Å². The van der Waals surface area contributed by atoms with Crippen LogP contribution in [-0.2, 0) is 0 Å². The Bertz CT molecular complexity index is 924. The summed E-state index contributed by atoms with van der Waals surface area (Å²) in [5.41, 5.74) is 0.124. The molecule has 3 rings (SSSR count). The molecule has 260 valence electrons. The molecular weight excluding hydrogens is 558 g/mol. The van der Waals surface area contributed by atoms with Crippen molar-refractivity contribution in [3.8, 4) is 6.01 Å². The normalized spacial score (nSPS) is 21.0. The monoisotopic (exact) mass is 630 g/mol. The minimum absolute atomic E-state index is 0.0310. The van der Waals surface area contributed by atoms with Crippen LogP contribution in [0, 0.1) is 0 Å². The summed E-state index contributed by atoms with van der Waals surface area (Å²) in [6.45, 7) is 28.0. The number of unbranched alkanes of at least 4 members (excludes halogenated alkanes) is 7. The summed E-state index contributed by atoms with van der Waals surface area (Å²) in [5.74, 6) is 1.58. The summed E-state index contributed by atoms with van der Waals surface area (Å²) in [4.78, 5) is 20.6. The van der Waals surface area contributed by atoms with Gasteiger partial charge in [-0.05, 0) is 100 Å². The van der Waals surface area contributed by atoms with Crippen molar-refractivity contribution in [1.82, 2.24) is 25.6 Å². The molecule has 0 saturated carbocycles. The minimum Gasteiger partial charge on any atom is -0.463 e. The second-order valence-electron chi connectivity index (χ2n) is 16.8. The zero-order chi connectivity index (χ0) is 33.3. The molecule has 0 aromatic carbocycles. The molecule has 2 aliphatic rings. The van der Waals surface area contributed by atoms with E-state index in [4.69, 9.17) is 19.7 Å². The first-order valence-corrected chi connectivity index (χ1v) is 18.6. The number of ether oxygens (including phenoxy) is 1. The van der Waals surface area contributed by atoms with Gasteiger partial charge in [-0.1, -0.05) is 65.7 Å². The third-order valence-electron chi connectivity index (χ3n) is 9.56. The van der Waals surface area contributed by atoms with Gasteiger partial charge in [0.25, 0.3) is 0 Å². The third kappa shape index (κ3) is 12.1. The fourth-order valence-corrected chi connectivity index (χ4v) is 8.23. The lowest BCUT2D eigenvalue weighted by atomic mass is 9.79. The van der Waals surface area contributed by atoms with Crippen LogP contribution < -0.4 is 25.2 Å². The first-order chi connectivity index (χ1) is 21.1. The Morgan fingerprint density at radius 1 is 0.556 bits per heavy atom.